The maximum Gasteiger partial charge on any atom is 0.261 e. The van der Waals surface area contributed by atoms with Crippen molar-refractivity contribution in [2.45, 2.75) is 0 Å². The molecule has 2 N–H and O–H groups in total. The second-order valence-electron chi connectivity index (χ2n) is 4.26. The Morgan fingerprint density at radius 3 is 2.55 bits per heavy atom. The number of methoxy groups -OCH3 is 1. The number of hydrogen-bond donors (Lipinski definition) is 2. The fourth-order valence-corrected chi connectivity index (χ4v) is 2.65. The molecule has 2 aromatic rings. The lowest BCUT2D eigenvalue weighted by Gasteiger charge is -2.12. The van der Waals surface area contributed by atoms with Gasteiger partial charge in [-0.3, -0.25) is 10.1 Å². The number of carbonyl (C=O) groups is 1. The second-order valence-corrected chi connectivity index (χ2v) is 6.83. The first-order chi connectivity index (χ1) is 10.5. The van der Waals surface area contributed by atoms with Gasteiger partial charge < -0.3 is 10.1 Å². The molecule has 0 aromatic heterocycles. The summed E-state index contributed by atoms with van der Waals surface area (Å²) in [6.07, 6.45) is 0. The van der Waals surface area contributed by atoms with E-state index in [0.29, 0.717) is 11.3 Å². The van der Waals surface area contributed by atoms with Crippen molar-refractivity contribution >= 4 is 67.4 Å². The molecule has 0 bridgehead atoms. The molecule has 0 aliphatic heterocycles. The van der Waals surface area contributed by atoms with E-state index in [-0.39, 0.29) is 11.0 Å². The number of anilines is 1. The van der Waals surface area contributed by atoms with Crippen LogP contribution >= 0.6 is 50.7 Å². The highest BCUT2D eigenvalue weighted by atomic mass is 127. The van der Waals surface area contributed by atoms with Crippen LogP contribution in [0.25, 0.3) is 0 Å². The number of hydrogen-bond acceptors (Lipinski definition) is 3. The lowest BCUT2D eigenvalue weighted by molar-refractivity contribution is 0.0974. The summed E-state index contributed by atoms with van der Waals surface area (Å²) in [5.74, 6) is 0.152. The predicted molar refractivity (Wildman–Crippen MR) is 104 cm³/mol. The molecule has 0 aliphatic carbocycles. The van der Waals surface area contributed by atoms with Crippen molar-refractivity contribution in [2.24, 2.45) is 0 Å². The van der Waals surface area contributed by atoms with E-state index in [1.54, 1.807) is 18.2 Å². The van der Waals surface area contributed by atoms with Gasteiger partial charge >= 0.3 is 0 Å². The second kappa shape index (κ2) is 7.89. The largest absolute Gasteiger partial charge is 0.496 e. The topological polar surface area (TPSA) is 50.4 Å². The van der Waals surface area contributed by atoms with Gasteiger partial charge in [-0.25, -0.2) is 0 Å². The molecule has 0 saturated heterocycles. The fraction of sp³-hybridized carbons (Fsp3) is 0.0667. The molecule has 2 rings (SSSR count). The molecule has 7 heteroatoms. The third-order valence-electron chi connectivity index (χ3n) is 2.74. The molecule has 0 heterocycles. The summed E-state index contributed by atoms with van der Waals surface area (Å²) in [6, 6.07) is 12.9. The summed E-state index contributed by atoms with van der Waals surface area (Å²) < 4.78 is 7.10. The minimum atomic E-state index is -0.332. The number of rotatable bonds is 3. The first-order valence-electron chi connectivity index (χ1n) is 6.21. The minimum Gasteiger partial charge on any atom is -0.496 e. The molecule has 0 fully saturated rings. The highest BCUT2D eigenvalue weighted by Gasteiger charge is 2.14. The Balaban J connectivity index is 2.06. The Labute approximate surface area is 155 Å². The summed E-state index contributed by atoms with van der Waals surface area (Å²) in [5, 5.41) is 5.84. The van der Waals surface area contributed by atoms with Crippen LogP contribution < -0.4 is 15.4 Å². The van der Waals surface area contributed by atoms with Crippen molar-refractivity contribution in [3.05, 3.63) is 56.1 Å². The van der Waals surface area contributed by atoms with Crippen molar-refractivity contribution in [1.29, 1.82) is 0 Å². The zero-order valence-electron chi connectivity index (χ0n) is 11.5. The Kier molecular flexibility index (Phi) is 6.16. The molecule has 0 spiro atoms. The van der Waals surface area contributed by atoms with Crippen LogP contribution in [0.4, 0.5) is 5.69 Å². The maximum atomic E-state index is 12.3. The van der Waals surface area contributed by atoms with Gasteiger partial charge in [0, 0.05) is 13.7 Å². The van der Waals surface area contributed by atoms with E-state index in [2.05, 4.69) is 49.2 Å². The highest BCUT2D eigenvalue weighted by molar-refractivity contribution is 14.1. The summed E-state index contributed by atoms with van der Waals surface area (Å²) >= 11 is 10.7. The Bertz CT molecular complexity index is 707. The molecule has 0 saturated carbocycles. The third kappa shape index (κ3) is 4.65. The predicted octanol–water partition coefficient (Wildman–Crippen LogP) is 4.19. The first-order valence-corrected chi connectivity index (χ1v) is 8.49. The monoisotopic (exact) mass is 490 g/mol. The lowest BCUT2D eigenvalue weighted by atomic mass is 10.2. The SMILES string of the molecule is COc1ccc(Br)cc1C(=O)NC(=S)Nc1ccc(I)cc1. The number of halogens is 2. The van der Waals surface area contributed by atoms with Crippen molar-refractivity contribution < 1.29 is 9.53 Å². The van der Waals surface area contributed by atoms with Crippen LogP contribution in [0.2, 0.25) is 0 Å². The van der Waals surface area contributed by atoms with E-state index >= 15 is 0 Å². The van der Waals surface area contributed by atoms with Crippen molar-refractivity contribution in [3.8, 4) is 5.75 Å². The lowest BCUT2D eigenvalue weighted by Crippen LogP contribution is -2.34. The van der Waals surface area contributed by atoms with E-state index in [1.807, 2.05) is 24.3 Å². The number of amides is 1. The number of ether oxygens (including phenoxy) is 1. The summed E-state index contributed by atoms with van der Waals surface area (Å²) in [4.78, 5) is 12.3. The normalized spacial score (nSPS) is 9.95. The number of nitrogens with one attached hydrogen (secondary N) is 2. The highest BCUT2D eigenvalue weighted by Crippen LogP contribution is 2.22. The zero-order valence-corrected chi connectivity index (χ0v) is 16.1. The molecule has 0 radical (unpaired) electrons. The molecule has 4 nitrogen and oxygen atoms in total. The van der Waals surface area contributed by atoms with E-state index in [9.17, 15) is 4.79 Å². The van der Waals surface area contributed by atoms with Gasteiger partial charge in [0.15, 0.2) is 5.11 Å². The van der Waals surface area contributed by atoms with Crippen LogP contribution in [0.3, 0.4) is 0 Å². The van der Waals surface area contributed by atoms with Crippen molar-refractivity contribution in [3.63, 3.8) is 0 Å². The van der Waals surface area contributed by atoms with E-state index in [4.69, 9.17) is 17.0 Å². The van der Waals surface area contributed by atoms with Gasteiger partial charge in [-0.05, 0) is 77.3 Å². The van der Waals surface area contributed by atoms with Gasteiger partial charge in [0.05, 0.1) is 12.7 Å². The van der Waals surface area contributed by atoms with Crippen LogP contribution in [0.15, 0.2) is 46.9 Å². The average molecular weight is 491 g/mol. The molecule has 0 aliphatic rings. The minimum absolute atomic E-state index is 0.230. The standard InChI is InChI=1S/C15H12BrIN2O2S/c1-21-13-7-2-9(16)8-12(13)14(20)19-15(22)18-11-5-3-10(17)4-6-11/h2-8H,1H3,(H2,18,19,20,22). The number of benzene rings is 2. The fourth-order valence-electron chi connectivity index (χ4n) is 1.72. The van der Waals surface area contributed by atoms with Crippen molar-refractivity contribution in [1.82, 2.24) is 5.32 Å². The molecule has 2 aromatic carbocycles. The zero-order chi connectivity index (χ0) is 16.1. The van der Waals surface area contributed by atoms with Gasteiger partial charge in [0.1, 0.15) is 5.75 Å². The van der Waals surface area contributed by atoms with Gasteiger partial charge in [-0.2, -0.15) is 0 Å². The summed E-state index contributed by atoms with van der Waals surface area (Å²) in [7, 11) is 1.52. The summed E-state index contributed by atoms with van der Waals surface area (Å²) in [6.45, 7) is 0. The van der Waals surface area contributed by atoms with Crippen LogP contribution in [0.1, 0.15) is 10.4 Å². The van der Waals surface area contributed by atoms with Crippen LogP contribution in [-0.2, 0) is 0 Å². The Morgan fingerprint density at radius 1 is 1.23 bits per heavy atom. The first kappa shape index (κ1) is 17.2. The molecule has 114 valence electrons. The van der Waals surface area contributed by atoms with Gasteiger partial charge in [-0.15, -0.1) is 0 Å². The summed E-state index contributed by atoms with van der Waals surface area (Å²) in [5.41, 5.74) is 1.22. The van der Waals surface area contributed by atoms with E-state index < -0.39 is 0 Å². The average Bonchev–Trinajstić information content (AvgIpc) is 2.49. The van der Waals surface area contributed by atoms with Gasteiger partial charge in [0.2, 0.25) is 0 Å². The Morgan fingerprint density at radius 2 is 1.91 bits per heavy atom. The van der Waals surface area contributed by atoms with Crippen LogP contribution in [0.5, 0.6) is 5.75 Å². The quantitative estimate of drug-likeness (QED) is 0.500. The smallest absolute Gasteiger partial charge is 0.261 e. The van der Waals surface area contributed by atoms with Gasteiger partial charge in [0.25, 0.3) is 5.91 Å². The molecular formula is C15H12BrIN2O2S. The van der Waals surface area contributed by atoms with Crippen molar-refractivity contribution in [2.75, 3.05) is 12.4 Å². The van der Waals surface area contributed by atoms with E-state index in [0.717, 1.165) is 13.7 Å². The molecule has 1 amide bonds. The van der Waals surface area contributed by atoms with Crippen LogP contribution in [0, 0.1) is 3.57 Å². The number of carbonyl (C=O) groups excluding carboxylic acids is 1. The molecule has 22 heavy (non-hydrogen) atoms. The molecular weight excluding hydrogens is 479 g/mol. The van der Waals surface area contributed by atoms with Crippen LogP contribution in [-0.4, -0.2) is 18.1 Å². The Hall–Kier alpha value is -1.19. The van der Waals surface area contributed by atoms with Gasteiger partial charge in [-0.1, -0.05) is 15.9 Å². The number of thiocarbonyl (C=S) groups is 1. The maximum absolute atomic E-state index is 12.3. The third-order valence-corrected chi connectivity index (χ3v) is 4.15. The van der Waals surface area contributed by atoms with E-state index in [1.165, 1.54) is 7.11 Å². The molecule has 0 atom stereocenters. The molecule has 0 unspecified atom stereocenters.